The van der Waals surface area contributed by atoms with Crippen molar-refractivity contribution in [1.29, 1.82) is 0 Å². The van der Waals surface area contributed by atoms with Gasteiger partial charge in [-0.3, -0.25) is 9.38 Å². The van der Waals surface area contributed by atoms with Crippen LogP contribution in [0.5, 0.6) is 5.88 Å². The average molecular weight is 417 g/mol. The maximum absolute atomic E-state index is 13.8. The number of aromatic nitrogens is 5. The Bertz CT molecular complexity index is 988. The van der Waals surface area contributed by atoms with Crippen molar-refractivity contribution >= 4 is 5.65 Å². The minimum Gasteiger partial charge on any atom is -0.464 e. The van der Waals surface area contributed by atoms with E-state index in [2.05, 4.69) is 24.9 Å². The van der Waals surface area contributed by atoms with E-state index < -0.39 is 30.1 Å². The number of pyridine rings is 1. The Morgan fingerprint density at radius 3 is 2.28 bits per heavy atom. The van der Waals surface area contributed by atoms with Crippen LogP contribution in [-0.4, -0.2) is 44.0 Å². The van der Waals surface area contributed by atoms with E-state index in [0.717, 1.165) is 11.5 Å². The maximum atomic E-state index is 13.8. The molecule has 0 aliphatic heterocycles. The van der Waals surface area contributed by atoms with Crippen LogP contribution < -0.4 is 4.74 Å². The zero-order valence-corrected chi connectivity index (χ0v) is 15.5. The van der Waals surface area contributed by atoms with E-state index in [9.17, 15) is 22.0 Å². The molecule has 0 radical (unpaired) electrons. The molecule has 0 aliphatic carbocycles. The standard InChI is InChI=1S/C17H16F5N5O2/c1-9(2)14(16(18,19)20)29-13-5-4-10(6-24-13)11-8-27-12(7-23-11)25-26-15(27)17(21,22)28-3/h4-9,14H,1-3H3. The zero-order valence-electron chi connectivity index (χ0n) is 15.5. The second-order valence-electron chi connectivity index (χ2n) is 6.45. The Balaban J connectivity index is 1.90. The van der Waals surface area contributed by atoms with Crippen molar-refractivity contribution in [1.82, 2.24) is 24.6 Å². The van der Waals surface area contributed by atoms with Crippen LogP contribution in [-0.2, 0) is 10.8 Å². The molecule has 0 aliphatic rings. The van der Waals surface area contributed by atoms with Crippen LogP contribution in [0.1, 0.15) is 19.7 Å². The molecule has 12 heteroatoms. The second-order valence-corrected chi connectivity index (χ2v) is 6.45. The Hall–Kier alpha value is -2.89. The summed E-state index contributed by atoms with van der Waals surface area (Å²) in [6.45, 7) is 2.77. The van der Waals surface area contributed by atoms with E-state index >= 15 is 0 Å². The average Bonchev–Trinajstić information content (AvgIpc) is 3.09. The zero-order chi connectivity index (χ0) is 21.4. The molecule has 3 aromatic rings. The molecule has 0 spiro atoms. The first-order valence-corrected chi connectivity index (χ1v) is 8.37. The molecule has 0 N–H and O–H groups in total. The number of fused-ring (bicyclic) bond motifs is 1. The number of methoxy groups -OCH3 is 1. The molecule has 7 nitrogen and oxygen atoms in total. The van der Waals surface area contributed by atoms with Gasteiger partial charge >= 0.3 is 12.3 Å². The Kier molecular flexibility index (Phi) is 5.39. The van der Waals surface area contributed by atoms with Crippen molar-refractivity contribution in [2.24, 2.45) is 5.92 Å². The van der Waals surface area contributed by atoms with Gasteiger partial charge in [0.1, 0.15) is 0 Å². The number of alkyl halides is 5. The molecule has 0 amide bonds. The highest BCUT2D eigenvalue weighted by molar-refractivity contribution is 5.59. The first-order chi connectivity index (χ1) is 13.5. The third-order valence-corrected chi connectivity index (χ3v) is 4.02. The van der Waals surface area contributed by atoms with Gasteiger partial charge in [-0.05, 0) is 12.0 Å². The molecule has 3 rings (SSSR count). The highest BCUT2D eigenvalue weighted by atomic mass is 19.4. The topological polar surface area (TPSA) is 74.4 Å². The van der Waals surface area contributed by atoms with Crippen LogP contribution in [0.25, 0.3) is 16.9 Å². The summed E-state index contributed by atoms with van der Waals surface area (Å²) in [5.41, 5.74) is 0.659. The van der Waals surface area contributed by atoms with E-state index in [4.69, 9.17) is 4.74 Å². The summed E-state index contributed by atoms with van der Waals surface area (Å²) >= 11 is 0. The monoisotopic (exact) mass is 417 g/mol. The highest BCUT2D eigenvalue weighted by Crippen LogP contribution is 2.30. The minimum atomic E-state index is -4.54. The van der Waals surface area contributed by atoms with E-state index in [0.29, 0.717) is 5.56 Å². The number of hydrogen-bond donors (Lipinski definition) is 0. The van der Waals surface area contributed by atoms with E-state index in [1.165, 1.54) is 44.6 Å². The molecular formula is C17H16F5N5O2. The van der Waals surface area contributed by atoms with Crippen LogP contribution in [0.3, 0.4) is 0 Å². The van der Waals surface area contributed by atoms with Crippen molar-refractivity contribution in [2.45, 2.75) is 32.2 Å². The Labute approximate surface area is 161 Å². The molecule has 0 bridgehead atoms. The van der Waals surface area contributed by atoms with Crippen molar-refractivity contribution < 1.29 is 31.4 Å². The number of hydrogen-bond acceptors (Lipinski definition) is 6. The fourth-order valence-electron chi connectivity index (χ4n) is 2.55. The van der Waals surface area contributed by atoms with Crippen molar-refractivity contribution in [3.63, 3.8) is 0 Å². The third-order valence-electron chi connectivity index (χ3n) is 4.02. The normalized spacial score (nSPS) is 13.8. The molecule has 156 valence electrons. The quantitative estimate of drug-likeness (QED) is 0.568. The third kappa shape index (κ3) is 4.26. The second kappa shape index (κ2) is 7.50. The Morgan fingerprint density at radius 2 is 1.72 bits per heavy atom. The summed E-state index contributed by atoms with van der Waals surface area (Å²) in [6, 6.07) is 2.67. The van der Waals surface area contributed by atoms with Gasteiger partial charge in [-0.15, -0.1) is 10.2 Å². The summed E-state index contributed by atoms with van der Waals surface area (Å²) in [4.78, 5) is 7.96. The van der Waals surface area contributed by atoms with Crippen molar-refractivity contribution in [3.05, 3.63) is 36.5 Å². The van der Waals surface area contributed by atoms with Crippen LogP contribution in [0.15, 0.2) is 30.7 Å². The van der Waals surface area contributed by atoms with Gasteiger partial charge in [-0.2, -0.15) is 22.0 Å². The molecule has 0 aromatic carbocycles. The number of ether oxygens (including phenoxy) is 2. The molecule has 0 saturated carbocycles. The highest BCUT2D eigenvalue weighted by Gasteiger charge is 2.44. The SMILES string of the molecule is COC(F)(F)c1nnc2cnc(-c3ccc(OC(C(C)C)C(F)(F)F)nc3)cn12. The van der Waals surface area contributed by atoms with Gasteiger partial charge in [0.15, 0.2) is 11.8 Å². The molecule has 0 saturated heterocycles. The van der Waals surface area contributed by atoms with E-state index in [1.807, 2.05) is 0 Å². The fourth-order valence-corrected chi connectivity index (χ4v) is 2.55. The first kappa shape index (κ1) is 20.8. The largest absolute Gasteiger partial charge is 0.464 e. The Morgan fingerprint density at radius 1 is 1.00 bits per heavy atom. The molecular weight excluding hydrogens is 401 g/mol. The summed E-state index contributed by atoms with van der Waals surface area (Å²) in [7, 11) is 0.831. The van der Waals surface area contributed by atoms with E-state index in [1.54, 1.807) is 0 Å². The van der Waals surface area contributed by atoms with Crippen LogP contribution in [0.2, 0.25) is 0 Å². The van der Waals surface area contributed by atoms with Crippen LogP contribution >= 0.6 is 0 Å². The summed E-state index contributed by atoms with van der Waals surface area (Å²) in [6.07, 6.45) is -6.51. The number of nitrogens with zero attached hydrogens (tertiary/aromatic N) is 5. The number of rotatable bonds is 6. The van der Waals surface area contributed by atoms with E-state index in [-0.39, 0.29) is 17.2 Å². The lowest BCUT2D eigenvalue weighted by Crippen LogP contribution is -2.39. The molecule has 3 heterocycles. The predicted molar refractivity (Wildman–Crippen MR) is 90.2 cm³/mol. The molecule has 29 heavy (non-hydrogen) atoms. The van der Waals surface area contributed by atoms with Crippen LogP contribution in [0.4, 0.5) is 22.0 Å². The first-order valence-electron chi connectivity index (χ1n) is 8.37. The van der Waals surface area contributed by atoms with Crippen molar-refractivity contribution in [3.8, 4) is 17.1 Å². The van der Waals surface area contributed by atoms with Crippen molar-refractivity contribution in [2.75, 3.05) is 7.11 Å². The summed E-state index contributed by atoms with van der Waals surface area (Å²) in [5, 5.41) is 7.02. The maximum Gasteiger partial charge on any atom is 0.425 e. The molecule has 0 fully saturated rings. The lowest BCUT2D eigenvalue weighted by Gasteiger charge is -2.24. The smallest absolute Gasteiger partial charge is 0.425 e. The van der Waals surface area contributed by atoms with Crippen LogP contribution in [0, 0.1) is 5.92 Å². The van der Waals surface area contributed by atoms with Gasteiger partial charge in [0.05, 0.1) is 11.9 Å². The number of halogens is 5. The van der Waals surface area contributed by atoms with Gasteiger partial charge in [0.2, 0.25) is 11.7 Å². The molecule has 1 atom stereocenters. The lowest BCUT2D eigenvalue weighted by atomic mass is 10.1. The van der Waals surface area contributed by atoms with Gasteiger partial charge in [-0.1, -0.05) is 13.8 Å². The van der Waals surface area contributed by atoms with Gasteiger partial charge in [0, 0.05) is 31.1 Å². The van der Waals surface area contributed by atoms with Gasteiger partial charge in [-0.25, -0.2) is 4.98 Å². The summed E-state index contributed by atoms with van der Waals surface area (Å²) in [5.74, 6) is -1.77. The minimum absolute atomic E-state index is 0.0679. The molecule has 1 unspecified atom stereocenters. The van der Waals surface area contributed by atoms with Gasteiger partial charge < -0.3 is 9.47 Å². The predicted octanol–water partition coefficient (Wildman–Crippen LogP) is 3.85. The summed E-state index contributed by atoms with van der Waals surface area (Å²) < 4.78 is 76.9. The van der Waals surface area contributed by atoms with Gasteiger partial charge in [0.25, 0.3) is 0 Å². The molecule has 3 aromatic heterocycles. The fraction of sp³-hybridized carbons (Fsp3) is 0.412. The lowest BCUT2D eigenvalue weighted by molar-refractivity contribution is -0.237.